The molecule has 3 amide bonds. The van der Waals surface area contributed by atoms with Crippen molar-refractivity contribution in [3.8, 4) is 0 Å². The Balaban J connectivity index is 1.53. The van der Waals surface area contributed by atoms with Crippen molar-refractivity contribution in [1.29, 1.82) is 0 Å². The van der Waals surface area contributed by atoms with Crippen molar-refractivity contribution in [2.45, 2.75) is 45.6 Å². The van der Waals surface area contributed by atoms with E-state index in [1.165, 1.54) is 12.1 Å². The van der Waals surface area contributed by atoms with Crippen molar-refractivity contribution in [3.63, 3.8) is 0 Å². The van der Waals surface area contributed by atoms with Gasteiger partial charge in [0.1, 0.15) is 10.7 Å². The van der Waals surface area contributed by atoms with Crippen LogP contribution in [-0.4, -0.2) is 47.8 Å². The summed E-state index contributed by atoms with van der Waals surface area (Å²) in [6.45, 7) is 4.90. The van der Waals surface area contributed by atoms with Gasteiger partial charge < -0.3 is 15.0 Å². The topological polar surface area (TPSA) is 96.0 Å². The van der Waals surface area contributed by atoms with Crippen molar-refractivity contribution in [2.75, 3.05) is 23.3 Å². The lowest BCUT2D eigenvalue weighted by atomic mass is 10.1. The van der Waals surface area contributed by atoms with Gasteiger partial charge >= 0.3 is 5.97 Å². The van der Waals surface area contributed by atoms with Gasteiger partial charge in [-0.05, 0) is 63.1 Å². The quantitative estimate of drug-likeness (QED) is 0.448. The lowest BCUT2D eigenvalue weighted by Gasteiger charge is -2.20. The van der Waals surface area contributed by atoms with Crippen LogP contribution in [0.5, 0.6) is 0 Å². The number of esters is 1. The molecule has 1 saturated heterocycles. The molecule has 2 heterocycles. The van der Waals surface area contributed by atoms with Crippen LogP contribution in [-0.2, 0) is 14.3 Å². The first-order valence-electron chi connectivity index (χ1n) is 12.0. The fourth-order valence-electron chi connectivity index (χ4n) is 4.23. The zero-order valence-electron chi connectivity index (χ0n) is 20.3. The van der Waals surface area contributed by atoms with Gasteiger partial charge in [-0.3, -0.25) is 14.4 Å². The van der Waals surface area contributed by atoms with E-state index in [9.17, 15) is 19.2 Å². The van der Waals surface area contributed by atoms with Crippen molar-refractivity contribution < 1.29 is 23.9 Å². The number of amides is 3. The SMILES string of the molecule is CC(C)OC(=O)c1cccc(N2C(=O)C(Cl)=C(Nc3cccc(C(=O)N4CCCCCC4)c3)C2=O)c1. The van der Waals surface area contributed by atoms with Crippen LogP contribution >= 0.6 is 11.6 Å². The molecule has 8 nitrogen and oxygen atoms in total. The number of carbonyl (C=O) groups is 4. The fraction of sp³-hybridized carbons (Fsp3) is 0.333. The Hall–Kier alpha value is -3.65. The number of nitrogens with zero attached hydrogens (tertiary/aromatic N) is 2. The minimum Gasteiger partial charge on any atom is -0.459 e. The van der Waals surface area contributed by atoms with Crippen LogP contribution in [0.15, 0.2) is 59.3 Å². The predicted octanol–water partition coefficient (Wildman–Crippen LogP) is 4.70. The second-order valence-electron chi connectivity index (χ2n) is 9.05. The van der Waals surface area contributed by atoms with E-state index in [1.807, 2.05) is 4.90 Å². The maximum atomic E-state index is 13.2. The van der Waals surface area contributed by atoms with Gasteiger partial charge in [-0.25, -0.2) is 9.69 Å². The molecule has 4 rings (SSSR count). The summed E-state index contributed by atoms with van der Waals surface area (Å²) in [6.07, 6.45) is 3.88. The first-order chi connectivity index (χ1) is 17.3. The molecule has 0 radical (unpaired) electrons. The van der Waals surface area contributed by atoms with Crippen LogP contribution in [0.2, 0.25) is 0 Å². The lowest BCUT2D eigenvalue weighted by Crippen LogP contribution is -2.32. The molecule has 36 heavy (non-hydrogen) atoms. The van der Waals surface area contributed by atoms with Crippen LogP contribution in [0.1, 0.15) is 60.2 Å². The number of likely N-dealkylation sites (tertiary alicyclic amines) is 1. The van der Waals surface area contributed by atoms with E-state index >= 15 is 0 Å². The average Bonchev–Trinajstić information content (AvgIpc) is 3.05. The van der Waals surface area contributed by atoms with E-state index < -0.39 is 17.8 Å². The molecule has 1 N–H and O–H groups in total. The minimum atomic E-state index is -0.713. The first kappa shape index (κ1) is 25.4. The summed E-state index contributed by atoms with van der Waals surface area (Å²) in [6, 6.07) is 12.8. The van der Waals surface area contributed by atoms with Gasteiger partial charge in [0.25, 0.3) is 17.7 Å². The summed E-state index contributed by atoms with van der Waals surface area (Å²) < 4.78 is 5.20. The van der Waals surface area contributed by atoms with Gasteiger partial charge in [0.05, 0.1) is 17.4 Å². The minimum absolute atomic E-state index is 0.0684. The third-order valence-corrected chi connectivity index (χ3v) is 6.33. The highest BCUT2D eigenvalue weighted by molar-refractivity contribution is 6.53. The number of hydrogen-bond acceptors (Lipinski definition) is 6. The van der Waals surface area contributed by atoms with E-state index in [2.05, 4.69) is 5.32 Å². The van der Waals surface area contributed by atoms with Gasteiger partial charge in [0.15, 0.2) is 0 Å². The number of nitrogens with one attached hydrogen (secondary N) is 1. The summed E-state index contributed by atoms with van der Waals surface area (Å²) in [5.74, 6) is -2.01. The highest BCUT2D eigenvalue weighted by Crippen LogP contribution is 2.31. The van der Waals surface area contributed by atoms with Crippen molar-refractivity contribution >= 4 is 46.7 Å². The van der Waals surface area contributed by atoms with E-state index in [0.717, 1.165) is 43.7 Å². The summed E-state index contributed by atoms with van der Waals surface area (Å²) in [4.78, 5) is 54.1. The summed E-state index contributed by atoms with van der Waals surface area (Å²) in [5.41, 5.74) is 1.25. The highest BCUT2D eigenvalue weighted by atomic mass is 35.5. The molecule has 0 spiro atoms. The smallest absolute Gasteiger partial charge is 0.338 e. The van der Waals surface area contributed by atoms with Crippen LogP contribution < -0.4 is 10.2 Å². The van der Waals surface area contributed by atoms with Crippen LogP contribution in [0.25, 0.3) is 0 Å². The monoisotopic (exact) mass is 509 g/mol. The zero-order valence-corrected chi connectivity index (χ0v) is 21.0. The third-order valence-electron chi connectivity index (χ3n) is 5.98. The largest absolute Gasteiger partial charge is 0.459 e. The van der Waals surface area contributed by atoms with Gasteiger partial charge in [-0.15, -0.1) is 0 Å². The predicted molar refractivity (Wildman–Crippen MR) is 137 cm³/mol. The Bertz CT molecular complexity index is 1230. The van der Waals surface area contributed by atoms with E-state index in [4.69, 9.17) is 16.3 Å². The van der Waals surface area contributed by atoms with Crippen molar-refractivity contribution in [3.05, 3.63) is 70.4 Å². The molecule has 0 unspecified atom stereocenters. The van der Waals surface area contributed by atoms with Gasteiger partial charge in [0, 0.05) is 24.3 Å². The number of rotatable bonds is 6. The van der Waals surface area contributed by atoms with Gasteiger partial charge in [0.2, 0.25) is 0 Å². The lowest BCUT2D eigenvalue weighted by molar-refractivity contribution is -0.120. The van der Waals surface area contributed by atoms with Crippen molar-refractivity contribution in [1.82, 2.24) is 4.90 Å². The normalized spacial score (nSPS) is 16.4. The Kier molecular flexibility index (Phi) is 7.74. The van der Waals surface area contributed by atoms with E-state index in [1.54, 1.807) is 50.2 Å². The molecule has 188 valence electrons. The van der Waals surface area contributed by atoms with Crippen LogP contribution in [0.3, 0.4) is 0 Å². The number of imide groups is 1. The Morgan fingerprint density at radius 2 is 1.58 bits per heavy atom. The molecule has 1 fully saturated rings. The zero-order chi connectivity index (χ0) is 25.8. The third kappa shape index (κ3) is 5.44. The molecule has 2 aromatic carbocycles. The molecule has 2 aliphatic heterocycles. The average molecular weight is 510 g/mol. The standard InChI is InChI=1S/C27H28ClN3O5/c1-17(2)36-27(35)19-10-8-12-21(16-19)31-25(33)22(28)23(26(31)34)29-20-11-7-9-18(15-20)24(32)30-13-5-3-4-6-14-30/h7-12,15-17,29H,3-6,13-14H2,1-2H3. The molecule has 9 heteroatoms. The molecule has 2 aliphatic rings. The fourth-order valence-corrected chi connectivity index (χ4v) is 4.44. The van der Waals surface area contributed by atoms with E-state index in [-0.39, 0.29) is 34.0 Å². The molecular formula is C27H28ClN3O5. The molecule has 2 aromatic rings. The summed E-state index contributed by atoms with van der Waals surface area (Å²) in [5, 5.41) is 2.64. The Morgan fingerprint density at radius 3 is 2.28 bits per heavy atom. The number of carbonyl (C=O) groups excluding carboxylic acids is 4. The van der Waals surface area contributed by atoms with Crippen molar-refractivity contribution in [2.24, 2.45) is 0 Å². The molecular weight excluding hydrogens is 482 g/mol. The summed E-state index contributed by atoms with van der Waals surface area (Å²) >= 11 is 6.27. The number of hydrogen-bond donors (Lipinski definition) is 1. The van der Waals surface area contributed by atoms with Crippen LogP contribution in [0, 0.1) is 0 Å². The number of benzene rings is 2. The Labute approximate surface area is 214 Å². The maximum absolute atomic E-state index is 13.2. The Morgan fingerprint density at radius 1 is 0.917 bits per heavy atom. The highest BCUT2D eigenvalue weighted by Gasteiger charge is 2.39. The number of halogens is 1. The molecule has 0 aromatic heterocycles. The number of ether oxygens (including phenoxy) is 1. The second-order valence-corrected chi connectivity index (χ2v) is 9.43. The number of anilines is 2. The summed E-state index contributed by atoms with van der Waals surface area (Å²) in [7, 11) is 0. The van der Waals surface area contributed by atoms with Crippen LogP contribution in [0.4, 0.5) is 11.4 Å². The molecule has 0 atom stereocenters. The molecule has 0 bridgehead atoms. The first-order valence-corrected chi connectivity index (χ1v) is 12.4. The molecule has 0 aliphatic carbocycles. The molecule has 0 saturated carbocycles. The van der Waals surface area contributed by atoms with Gasteiger partial charge in [-0.1, -0.05) is 36.6 Å². The van der Waals surface area contributed by atoms with E-state index in [0.29, 0.717) is 11.3 Å². The maximum Gasteiger partial charge on any atom is 0.338 e. The van der Waals surface area contributed by atoms with Gasteiger partial charge in [-0.2, -0.15) is 0 Å². The second kappa shape index (κ2) is 11.0.